The number of benzene rings is 2. The lowest BCUT2D eigenvalue weighted by Gasteiger charge is -2.28. The average Bonchev–Trinajstić information content (AvgIpc) is 2.84. The highest BCUT2D eigenvalue weighted by Crippen LogP contribution is 2.37. The van der Waals surface area contributed by atoms with Gasteiger partial charge in [-0.25, -0.2) is 0 Å². The van der Waals surface area contributed by atoms with Crippen LogP contribution < -0.4 is 10.1 Å². The minimum atomic E-state index is -4.64. The molecule has 0 unspecified atom stereocenters. The molecule has 0 saturated carbocycles. The number of rotatable bonds is 7. The number of ether oxygens (including phenoxy) is 2. The lowest BCUT2D eigenvalue weighted by Crippen LogP contribution is -2.36. The van der Waals surface area contributed by atoms with Gasteiger partial charge in [0.2, 0.25) is 0 Å². The number of anilines is 1. The maximum Gasteiger partial charge on any atom is 0.416 e. The van der Waals surface area contributed by atoms with Crippen LogP contribution in [0.1, 0.15) is 27.0 Å². The standard InChI is InChI=1S/C25H24F3N3O3/c26-25(27,28)22-14-21(24(32)30-20-7-4-8-29-15-20)23(34-17-18-5-2-1-3-6-18)13-19(22)16-31-9-11-33-12-10-31/h1-8,13-15H,9-12,16-17H2,(H,30,32). The molecule has 1 aromatic heterocycles. The van der Waals surface area contributed by atoms with Crippen LogP contribution in [0.2, 0.25) is 0 Å². The third-order valence-corrected chi connectivity index (χ3v) is 5.41. The Kier molecular flexibility index (Phi) is 7.44. The van der Waals surface area contributed by atoms with Crippen molar-refractivity contribution in [3.63, 3.8) is 0 Å². The predicted molar refractivity (Wildman–Crippen MR) is 121 cm³/mol. The normalized spacial score (nSPS) is 14.6. The van der Waals surface area contributed by atoms with Crippen molar-refractivity contribution in [3.05, 3.63) is 89.2 Å². The molecule has 0 aliphatic carbocycles. The van der Waals surface area contributed by atoms with Crippen LogP contribution in [0.5, 0.6) is 5.75 Å². The van der Waals surface area contributed by atoms with E-state index in [1.54, 1.807) is 12.1 Å². The molecular weight excluding hydrogens is 447 g/mol. The minimum absolute atomic E-state index is 0.0513. The number of hydrogen-bond acceptors (Lipinski definition) is 5. The molecule has 9 heteroatoms. The molecular formula is C25H24F3N3O3. The van der Waals surface area contributed by atoms with E-state index in [1.807, 2.05) is 35.2 Å². The van der Waals surface area contributed by atoms with Gasteiger partial charge in [-0.1, -0.05) is 30.3 Å². The summed E-state index contributed by atoms with van der Waals surface area (Å²) in [6, 6.07) is 14.6. The van der Waals surface area contributed by atoms with Gasteiger partial charge in [0, 0.05) is 25.8 Å². The van der Waals surface area contributed by atoms with Crippen LogP contribution in [0.15, 0.2) is 67.0 Å². The number of nitrogens with zero attached hydrogens (tertiary/aromatic N) is 2. The summed E-state index contributed by atoms with van der Waals surface area (Å²) in [5.41, 5.74) is 0.193. The topological polar surface area (TPSA) is 63.7 Å². The quantitative estimate of drug-likeness (QED) is 0.538. The molecule has 1 saturated heterocycles. The number of halogens is 3. The molecule has 4 rings (SSSR count). The average molecular weight is 471 g/mol. The van der Waals surface area contributed by atoms with E-state index >= 15 is 0 Å². The van der Waals surface area contributed by atoms with Crippen molar-refractivity contribution in [1.82, 2.24) is 9.88 Å². The largest absolute Gasteiger partial charge is 0.488 e. The van der Waals surface area contributed by atoms with Crippen molar-refractivity contribution >= 4 is 11.6 Å². The molecule has 2 aromatic carbocycles. The van der Waals surface area contributed by atoms with Crippen LogP contribution >= 0.6 is 0 Å². The summed E-state index contributed by atoms with van der Waals surface area (Å²) in [7, 11) is 0. The Morgan fingerprint density at radius 2 is 1.85 bits per heavy atom. The van der Waals surface area contributed by atoms with Crippen LogP contribution in [-0.4, -0.2) is 42.1 Å². The first kappa shape index (κ1) is 23.7. The fourth-order valence-electron chi connectivity index (χ4n) is 3.68. The Morgan fingerprint density at radius 1 is 1.09 bits per heavy atom. The molecule has 0 atom stereocenters. The summed E-state index contributed by atoms with van der Waals surface area (Å²) in [5.74, 6) is -0.624. The second-order valence-corrected chi connectivity index (χ2v) is 7.86. The number of carbonyl (C=O) groups is 1. The van der Waals surface area contributed by atoms with Crippen molar-refractivity contribution in [3.8, 4) is 5.75 Å². The summed E-state index contributed by atoms with van der Waals surface area (Å²) in [4.78, 5) is 18.8. The predicted octanol–water partition coefficient (Wildman–Crippen LogP) is 4.76. The minimum Gasteiger partial charge on any atom is -0.488 e. The van der Waals surface area contributed by atoms with E-state index in [4.69, 9.17) is 9.47 Å². The molecule has 0 bridgehead atoms. The monoisotopic (exact) mass is 471 g/mol. The maximum atomic E-state index is 14.0. The van der Waals surface area contributed by atoms with Gasteiger partial charge in [-0.3, -0.25) is 14.7 Å². The van der Waals surface area contributed by atoms with Gasteiger partial charge in [-0.15, -0.1) is 0 Å². The first-order valence-corrected chi connectivity index (χ1v) is 10.8. The third kappa shape index (κ3) is 6.12. The molecule has 0 spiro atoms. The maximum absolute atomic E-state index is 14.0. The number of nitrogens with one attached hydrogen (secondary N) is 1. The van der Waals surface area contributed by atoms with Crippen LogP contribution in [-0.2, 0) is 24.1 Å². The number of pyridine rings is 1. The summed E-state index contributed by atoms with van der Waals surface area (Å²) in [6.07, 6.45) is -1.69. The van der Waals surface area contributed by atoms with E-state index in [0.29, 0.717) is 32.0 Å². The number of hydrogen-bond donors (Lipinski definition) is 1. The van der Waals surface area contributed by atoms with E-state index in [0.717, 1.165) is 11.6 Å². The zero-order valence-corrected chi connectivity index (χ0v) is 18.3. The fourth-order valence-corrected chi connectivity index (χ4v) is 3.68. The summed E-state index contributed by atoms with van der Waals surface area (Å²) >= 11 is 0. The van der Waals surface area contributed by atoms with Crippen LogP contribution in [0.4, 0.5) is 18.9 Å². The van der Waals surface area contributed by atoms with Crippen molar-refractivity contribution < 1.29 is 27.4 Å². The lowest BCUT2D eigenvalue weighted by atomic mass is 10.0. The van der Waals surface area contributed by atoms with E-state index in [2.05, 4.69) is 10.3 Å². The molecule has 1 amide bonds. The number of aromatic nitrogens is 1. The van der Waals surface area contributed by atoms with Gasteiger partial charge in [-0.2, -0.15) is 13.2 Å². The molecule has 6 nitrogen and oxygen atoms in total. The molecule has 1 N–H and O–H groups in total. The van der Waals surface area contributed by atoms with Crippen molar-refractivity contribution in [2.24, 2.45) is 0 Å². The zero-order valence-electron chi connectivity index (χ0n) is 18.3. The van der Waals surface area contributed by atoms with Crippen molar-refractivity contribution in [2.75, 3.05) is 31.6 Å². The van der Waals surface area contributed by atoms with E-state index in [9.17, 15) is 18.0 Å². The lowest BCUT2D eigenvalue weighted by molar-refractivity contribution is -0.138. The van der Waals surface area contributed by atoms with Crippen molar-refractivity contribution in [1.29, 1.82) is 0 Å². The molecule has 3 aromatic rings. The molecule has 34 heavy (non-hydrogen) atoms. The van der Waals surface area contributed by atoms with Crippen LogP contribution in [0.3, 0.4) is 0 Å². The summed E-state index contributed by atoms with van der Waals surface area (Å²) in [5, 5.41) is 2.60. The molecule has 1 aliphatic rings. The molecule has 178 valence electrons. The highest BCUT2D eigenvalue weighted by atomic mass is 19.4. The van der Waals surface area contributed by atoms with Gasteiger partial charge in [-0.05, 0) is 35.4 Å². The summed E-state index contributed by atoms with van der Waals surface area (Å²) < 4.78 is 53.3. The Bertz CT molecular complexity index is 1100. The second kappa shape index (κ2) is 10.7. The van der Waals surface area contributed by atoms with Gasteiger partial charge in [0.1, 0.15) is 12.4 Å². The van der Waals surface area contributed by atoms with Crippen LogP contribution in [0, 0.1) is 0 Å². The van der Waals surface area contributed by atoms with Gasteiger partial charge in [0.05, 0.1) is 36.2 Å². The van der Waals surface area contributed by atoms with E-state index < -0.39 is 17.6 Å². The Balaban J connectivity index is 1.70. The van der Waals surface area contributed by atoms with E-state index in [-0.39, 0.29) is 30.0 Å². The Labute approximate surface area is 195 Å². The molecule has 1 aliphatic heterocycles. The summed E-state index contributed by atoms with van der Waals surface area (Å²) in [6.45, 7) is 2.16. The highest BCUT2D eigenvalue weighted by molar-refractivity contribution is 6.06. The van der Waals surface area contributed by atoms with Gasteiger partial charge in [0.25, 0.3) is 5.91 Å². The number of alkyl halides is 3. The van der Waals surface area contributed by atoms with Crippen LogP contribution in [0.25, 0.3) is 0 Å². The van der Waals surface area contributed by atoms with Crippen molar-refractivity contribution in [2.45, 2.75) is 19.3 Å². The molecule has 0 radical (unpaired) electrons. The zero-order chi connectivity index (χ0) is 24.0. The van der Waals surface area contributed by atoms with Gasteiger partial charge >= 0.3 is 6.18 Å². The molecule has 1 fully saturated rings. The smallest absolute Gasteiger partial charge is 0.416 e. The SMILES string of the molecule is O=C(Nc1cccnc1)c1cc(C(F)(F)F)c(CN2CCOCC2)cc1OCc1ccccc1. The first-order chi connectivity index (χ1) is 16.4. The Hall–Kier alpha value is -3.43. The Morgan fingerprint density at radius 3 is 2.53 bits per heavy atom. The van der Waals surface area contributed by atoms with E-state index in [1.165, 1.54) is 18.5 Å². The number of morpholine rings is 1. The second-order valence-electron chi connectivity index (χ2n) is 7.86. The third-order valence-electron chi connectivity index (χ3n) is 5.41. The number of amides is 1. The number of carbonyl (C=O) groups excluding carboxylic acids is 1. The fraction of sp³-hybridized carbons (Fsp3) is 0.280. The highest BCUT2D eigenvalue weighted by Gasteiger charge is 2.36. The molecule has 2 heterocycles. The van der Waals surface area contributed by atoms with Gasteiger partial charge < -0.3 is 14.8 Å². The van der Waals surface area contributed by atoms with Gasteiger partial charge in [0.15, 0.2) is 0 Å². The first-order valence-electron chi connectivity index (χ1n) is 10.8.